The van der Waals surface area contributed by atoms with Crippen LogP contribution in [0.15, 0.2) is 12.7 Å². The summed E-state index contributed by atoms with van der Waals surface area (Å²) >= 11 is 0. The number of ether oxygens (including phenoxy) is 6. The molecular weight excluding hydrogens is 649 g/mol. The molecule has 2 heterocycles. The molecule has 0 unspecified atom stereocenters. The second-order valence-electron chi connectivity index (χ2n) is 17.3. The van der Waals surface area contributed by atoms with Crippen molar-refractivity contribution >= 4 is 28.9 Å². The second-order valence-corrected chi connectivity index (χ2v) is 26.8. The van der Waals surface area contributed by atoms with Gasteiger partial charge in [-0.05, 0) is 49.1 Å². The van der Waals surface area contributed by atoms with Crippen LogP contribution >= 0.6 is 0 Å². The minimum atomic E-state index is -2.29. The molecule has 2 saturated heterocycles. The molecule has 0 aromatic heterocycles. The van der Waals surface area contributed by atoms with Crippen LogP contribution in [0, 0.1) is 5.41 Å². The summed E-state index contributed by atoms with van der Waals surface area (Å²) in [6.45, 7) is 30.2. The first kappa shape index (κ1) is 43.2. The third kappa shape index (κ3) is 10.1. The zero-order valence-electron chi connectivity index (χ0n) is 32.8. The number of hydrogen-bond acceptors (Lipinski definition) is 10. The van der Waals surface area contributed by atoms with Gasteiger partial charge in [-0.2, -0.15) is 0 Å². The number of carbonyl (C=O) groups is 2. The maximum Gasteiger partial charge on any atom is 0.308 e. The molecule has 0 radical (unpaired) electrons. The Morgan fingerprint density at radius 3 is 2.00 bits per heavy atom. The molecule has 0 bridgehead atoms. The normalized spacial score (nSPS) is 28.8. The molecule has 0 aromatic rings. The average Bonchev–Trinajstić information content (AvgIpc) is 2.96. The van der Waals surface area contributed by atoms with Gasteiger partial charge in [0.05, 0.1) is 30.8 Å². The highest BCUT2D eigenvalue weighted by Gasteiger charge is 2.60. The van der Waals surface area contributed by atoms with Gasteiger partial charge in [0, 0.05) is 46.0 Å². The van der Waals surface area contributed by atoms with E-state index in [0.29, 0.717) is 32.1 Å². The summed E-state index contributed by atoms with van der Waals surface area (Å²) in [5.41, 5.74) is -0.646. The van der Waals surface area contributed by atoms with Gasteiger partial charge in [-0.1, -0.05) is 68.0 Å². The van der Waals surface area contributed by atoms with Crippen molar-refractivity contribution in [2.75, 3.05) is 27.9 Å². The van der Waals surface area contributed by atoms with Crippen molar-refractivity contribution in [1.82, 2.24) is 0 Å². The summed E-state index contributed by atoms with van der Waals surface area (Å²) in [6, 6.07) is 0. The molecule has 48 heavy (non-hydrogen) atoms. The zero-order chi connectivity index (χ0) is 37.0. The molecule has 0 aromatic carbocycles. The smallest absolute Gasteiger partial charge is 0.308 e. The van der Waals surface area contributed by atoms with Crippen LogP contribution in [0.25, 0.3) is 0 Å². The van der Waals surface area contributed by atoms with E-state index in [1.165, 1.54) is 0 Å². The number of esters is 1. The third-order valence-corrected chi connectivity index (χ3v) is 20.6. The molecule has 2 aliphatic rings. The number of methoxy groups -OCH3 is 3. The Balaban J connectivity index is 2.61. The summed E-state index contributed by atoms with van der Waals surface area (Å²) in [4.78, 5) is 25.0. The van der Waals surface area contributed by atoms with E-state index in [4.69, 9.17) is 37.3 Å². The molecule has 6 atom stereocenters. The van der Waals surface area contributed by atoms with Gasteiger partial charge >= 0.3 is 5.97 Å². The molecule has 0 saturated carbocycles. The fourth-order valence-electron chi connectivity index (χ4n) is 6.28. The van der Waals surface area contributed by atoms with Crippen LogP contribution in [-0.2, 0) is 46.9 Å². The minimum absolute atomic E-state index is 0.0320. The Morgan fingerprint density at radius 2 is 1.52 bits per heavy atom. The summed E-state index contributed by atoms with van der Waals surface area (Å²) in [5.74, 6) is -2.50. The molecule has 2 fully saturated rings. The van der Waals surface area contributed by atoms with E-state index in [0.717, 1.165) is 6.29 Å². The molecule has 0 aliphatic carbocycles. The molecule has 280 valence electrons. The lowest BCUT2D eigenvalue weighted by Crippen LogP contribution is -2.65. The standard InChI is InChI=1S/C36H68O10Si2/c1-17-18-42-31(38)21-27(45-47(13,14)32(2,3)4)19-26-20-30(46-48(15,16)33(5,6)7)34(8,9)36(41-12,44-26)24-28-22-35(39-10,40-11)23-29(25-37)43-28/h17,25-30H,1,18-24H2,2-16H3/t26-,27-,28+,29-,30+,36+/m1/s1. The van der Waals surface area contributed by atoms with E-state index < -0.39 is 51.9 Å². The number of rotatable bonds is 16. The summed E-state index contributed by atoms with van der Waals surface area (Å²) in [7, 11) is 0.263. The van der Waals surface area contributed by atoms with Gasteiger partial charge in [0.15, 0.2) is 28.2 Å². The fraction of sp³-hybridized carbons (Fsp3) is 0.889. The van der Waals surface area contributed by atoms with Gasteiger partial charge in [0.1, 0.15) is 19.0 Å². The van der Waals surface area contributed by atoms with Gasteiger partial charge in [0.2, 0.25) is 0 Å². The minimum Gasteiger partial charge on any atom is -0.461 e. The first-order chi connectivity index (χ1) is 21.9. The Hall–Kier alpha value is -0.966. The van der Waals surface area contributed by atoms with Crippen molar-refractivity contribution in [3.8, 4) is 0 Å². The Labute approximate surface area is 293 Å². The first-order valence-electron chi connectivity index (χ1n) is 17.4. The van der Waals surface area contributed by atoms with E-state index in [2.05, 4.69) is 88.2 Å². The van der Waals surface area contributed by atoms with Gasteiger partial charge in [-0.25, -0.2) is 0 Å². The summed E-state index contributed by atoms with van der Waals surface area (Å²) in [6.07, 6.45) is 2.20. The lowest BCUT2D eigenvalue weighted by molar-refractivity contribution is -0.362. The van der Waals surface area contributed by atoms with Crippen LogP contribution in [0.5, 0.6) is 0 Å². The molecule has 12 heteroatoms. The van der Waals surface area contributed by atoms with Crippen LogP contribution in [0.2, 0.25) is 36.3 Å². The maximum absolute atomic E-state index is 13.0. The van der Waals surface area contributed by atoms with E-state index in [1.807, 2.05) is 0 Å². The van der Waals surface area contributed by atoms with Crippen LogP contribution in [0.1, 0.15) is 93.9 Å². The maximum atomic E-state index is 13.0. The highest BCUT2D eigenvalue weighted by molar-refractivity contribution is 6.74. The predicted molar refractivity (Wildman–Crippen MR) is 193 cm³/mol. The number of aldehydes is 1. The average molecular weight is 717 g/mol. The molecule has 2 aliphatic heterocycles. The lowest BCUT2D eigenvalue weighted by atomic mass is 9.70. The molecular formula is C36H68O10Si2. The van der Waals surface area contributed by atoms with Gasteiger partial charge in [-0.15, -0.1) is 0 Å². The largest absolute Gasteiger partial charge is 0.461 e. The van der Waals surface area contributed by atoms with Crippen molar-refractivity contribution in [1.29, 1.82) is 0 Å². The van der Waals surface area contributed by atoms with Crippen LogP contribution in [0.3, 0.4) is 0 Å². The molecule has 0 spiro atoms. The van der Waals surface area contributed by atoms with Crippen molar-refractivity contribution in [3.63, 3.8) is 0 Å². The Kier molecular flexibility index (Phi) is 14.5. The summed E-state index contributed by atoms with van der Waals surface area (Å²) < 4.78 is 51.0. The molecule has 2 rings (SSSR count). The number of carbonyl (C=O) groups excluding carboxylic acids is 2. The molecule has 0 amide bonds. The van der Waals surface area contributed by atoms with E-state index >= 15 is 0 Å². The Morgan fingerprint density at radius 1 is 0.938 bits per heavy atom. The van der Waals surface area contributed by atoms with Crippen LogP contribution in [0.4, 0.5) is 0 Å². The second kappa shape index (κ2) is 16.1. The van der Waals surface area contributed by atoms with Gasteiger partial charge < -0.3 is 42.1 Å². The highest BCUT2D eigenvalue weighted by atomic mass is 28.4. The monoisotopic (exact) mass is 716 g/mol. The van der Waals surface area contributed by atoms with Crippen LogP contribution < -0.4 is 0 Å². The highest BCUT2D eigenvalue weighted by Crippen LogP contribution is 2.53. The third-order valence-electron chi connectivity index (χ3n) is 11.6. The lowest BCUT2D eigenvalue weighted by Gasteiger charge is -2.58. The topological polar surface area (TPSA) is 108 Å². The first-order valence-corrected chi connectivity index (χ1v) is 23.2. The molecule has 0 N–H and O–H groups in total. The molecule has 10 nitrogen and oxygen atoms in total. The quantitative estimate of drug-likeness (QED) is 0.0522. The van der Waals surface area contributed by atoms with Crippen molar-refractivity contribution in [2.45, 2.75) is 172 Å². The SMILES string of the molecule is C=CCOC(=O)C[C@@H](C[C@@H]1C[C@H](O[Si](C)(C)C(C)(C)C)C(C)(C)[C@@](C[C@@H]2CC(OC)(OC)C[C@H](C=O)O2)(OC)O1)O[Si](C)(C)C(C)(C)C. The number of hydrogen-bond donors (Lipinski definition) is 0. The van der Waals surface area contributed by atoms with Gasteiger partial charge in [0.25, 0.3) is 0 Å². The fourth-order valence-corrected chi connectivity index (χ4v) is 9.10. The van der Waals surface area contributed by atoms with Crippen LogP contribution in [-0.4, -0.2) is 98.9 Å². The van der Waals surface area contributed by atoms with E-state index in [-0.39, 0.29) is 41.3 Å². The van der Waals surface area contributed by atoms with Crippen molar-refractivity contribution in [3.05, 3.63) is 12.7 Å². The van der Waals surface area contributed by atoms with E-state index in [1.54, 1.807) is 27.4 Å². The van der Waals surface area contributed by atoms with E-state index in [9.17, 15) is 9.59 Å². The zero-order valence-corrected chi connectivity index (χ0v) is 34.8. The van der Waals surface area contributed by atoms with Crippen molar-refractivity contribution in [2.24, 2.45) is 5.41 Å². The van der Waals surface area contributed by atoms with Crippen molar-refractivity contribution < 1.29 is 46.9 Å². The van der Waals surface area contributed by atoms with Gasteiger partial charge in [-0.3, -0.25) is 4.79 Å². The Bertz CT molecular complexity index is 1080. The predicted octanol–water partition coefficient (Wildman–Crippen LogP) is 7.56. The summed E-state index contributed by atoms with van der Waals surface area (Å²) in [5, 5.41) is -0.103.